The Balaban J connectivity index is 1.74. The van der Waals surface area contributed by atoms with Crippen molar-refractivity contribution in [1.82, 2.24) is 4.90 Å². The summed E-state index contributed by atoms with van der Waals surface area (Å²) in [6.45, 7) is 1.25. The monoisotopic (exact) mass is 518 g/mol. The molecule has 1 amide bonds. The zero-order valence-corrected chi connectivity index (χ0v) is 19.5. The molecule has 0 unspecified atom stereocenters. The van der Waals surface area contributed by atoms with Crippen molar-refractivity contribution in [2.24, 2.45) is 0 Å². The number of halogens is 2. The van der Waals surface area contributed by atoms with Gasteiger partial charge in [-0.05, 0) is 57.7 Å². The average Bonchev–Trinajstić information content (AvgIpc) is 2.74. The van der Waals surface area contributed by atoms with Gasteiger partial charge in [0.1, 0.15) is 10.7 Å². The lowest BCUT2D eigenvalue weighted by atomic mass is 10.1. The van der Waals surface area contributed by atoms with Crippen molar-refractivity contribution in [3.63, 3.8) is 0 Å². The van der Waals surface area contributed by atoms with E-state index in [4.69, 9.17) is 4.74 Å². The molecule has 1 N–H and O–H groups in total. The molecule has 166 valence electrons. The second-order valence-corrected chi connectivity index (χ2v) is 9.81. The number of rotatable bonds is 6. The van der Waals surface area contributed by atoms with Gasteiger partial charge in [0.15, 0.2) is 5.75 Å². The lowest BCUT2D eigenvalue weighted by Crippen LogP contribution is -2.42. The van der Waals surface area contributed by atoms with Crippen molar-refractivity contribution in [1.29, 1.82) is 0 Å². The second kappa shape index (κ2) is 8.91. The summed E-state index contributed by atoms with van der Waals surface area (Å²) in [5, 5.41) is 0. The van der Waals surface area contributed by atoms with Crippen LogP contribution in [0.15, 0.2) is 70.0 Å². The minimum absolute atomic E-state index is 0.0253. The number of hydrogen-bond donors (Lipinski definition) is 1. The first-order valence-electron chi connectivity index (χ1n) is 9.85. The maximum Gasteiger partial charge on any atom is 0.265 e. The quantitative estimate of drug-likeness (QED) is 0.502. The summed E-state index contributed by atoms with van der Waals surface area (Å²) in [5.74, 6) is -0.968. The van der Waals surface area contributed by atoms with Crippen LogP contribution in [0.5, 0.6) is 5.75 Å². The van der Waals surface area contributed by atoms with Crippen LogP contribution >= 0.6 is 15.9 Å². The van der Waals surface area contributed by atoms with E-state index in [1.54, 1.807) is 11.0 Å². The third-order valence-corrected chi connectivity index (χ3v) is 7.17. The fourth-order valence-electron chi connectivity index (χ4n) is 3.40. The lowest BCUT2D eigenvalue weighted by molar-refractivity contribution is 0.0651. The van der Waals surface area contributed by atoms with Gasteiger partial charge < -0.3 is 9.64 Å². The van der Waals surface area contributed by atoms with Gasteiger partial charge in [-0.15, -0.1) is 0 Å². The van der Waals surface area contributed by atoms with E-state index < -0.39 is 15.8 Å². The Hall–Kier alpha value is -2.91. The van der Waals surface area contributed by atoms with Crippen LogP contribution in [0, 0.1) is 5.82 Å². The highest BCUT2D eigenvalue weighted by molar-refractivity contribution is 9.10. The van der Waals surface area contributed by atoms with E-state index in [2.05, 4.69) is 20.7 Å². The fraction of sp³-hybridized carbons (Fsp3) is 0.174. The highest BCUT2D eigenvalue weighted by Gasteiger charge is 2.28. The van der Waals surface area contributed by atoms with Crippen LogP contribution in [0.4, 0.5) is 10.1 Å². The van der Waals surface area contributed by atoms with Gasteiger partial charge in [-0.2, -0.15) is 0 Å². The number of anilines is 1. The molecule has 0 spiro atoms. The molecule has 0 aliphatic carbocycles. The maximum absolute atomic E-state index is 14.5. The molecule has 6 nitrogen and oxygen atoms in total. The van der Waals surface area contributed by atoms with E-state index in [0.717, 1.165) is 12.0 Å². The second-order valence-electron chi connectivity index (χ2n) is 7.30. The number of ether oxygens (including phenoxy) is 1. The molecule has 3 aromatic carbocycles. The number of sulfonamides is 1. The van der Waals surface area contributed by atoms with Crippen molar-refractivity contribution >= 4 is 37.5 Å². The summed E-state index contributed by atoms with van der Waals surface area (Å²) in [6, 6.07) is 16.2. The van der Waals surface area contributed by atoms with Crippen LogP contribution < -0.4 is 9.46 Å². The van der Waals surface area contributed by atoms with Gasteiger partial charge in [0.05, 0.1) is 17.3 Å². The molecule has 0 saturated carbocycles. The highest BCUT2D eigenvalue weighted by Crippen LogP contribution is 2.36. The van der Waals surface area contributed by atoms with Crippen LogP contribution in [0.2, 0.25) is 0 Å². The maximum atomic E-state index is 14.5. The van der Waals surface area contributed by atoms with Gasteiger partial charge in [-0.25, -0.2) is 12.8 Å². The highest BCUT2D eigenvalue weighted by atomic mass is 79.9. The molecule has 1 saturated heterocycles. The Morgan fingerprint density at radius 1 is 1.06 bits per heavy atom. The Labute approximate surface area is 194 Å². The standard InChI is InChI=1S/C23H20BrFN2O4S/c1-31-22-18(24)12-17(23(28)27-10-5-11-27)14-21(22)32(29,30)26-20-13-16(8-9-19(20)25)15-6-3-2-4-7-15/h2-4,6-9,12-14,26H,5,10-11H2,1H3. The van der Waals surface area contributed by atoms with Gasteiger partial charge in [-0.1, -0.05) is 36.4 Å². The van der Waals surface area contributed by atoms with Crippen molar-refractivity contribution in [3.05, 3.63) is 76.5 Å². The number of benzene rings is 3. The van der Waals surface area contributed by atoms with Gasteiger partial charge in [0.25, 0.3) is 15.9 Å². The SMILES string of the molecule is COc1c(Br)cc(C(=O)N2CCC2)cc1S(=O)(=O)Nc1cc(-c2ccccc2)ccc1F. The number of carbonyl (C=O) groups is 1. The molecule has 3 aromatic rings. The Kier molecular flexibility index (Phi) is 6.21. The molecule has 1 fully saturated rings. The fourth-order valence-corrected chi connectivity index (χ4v) is 5.43. The van der Waals surface area contributed by atoms with Crippen LogP contribution in [-0.4, -0.2) is 39.4 Å². The smallest absolute Gasteiger partial charge is 0.265 e. The molecule has 1 aliphatic heterocycles. The average molecular weight is 519 g/mol. The van der Waals surface area contributed by atoms with Gasteiger partial charge >= 0.3 is 0 Å². The molecule has 9 heteroatoms. The molecule has 32 heavy (non-hydrogen) atoms. The number of nitrogens with zero attached hydrogens (tertiary/aromatic N) is 1. The molecular formula is C23H20BrFN2O4S. The largest absolute Gasteiger partial charge is 0.494 e. The number of likely N-dealkylation sites (tertiary alicyclic amines) is 1. The lowest BCUT2D eigenvalue weighted by Gasteiger charge is -2.31. The number of nitrogens with one attached hydrogen (secondary N) is 1. The number of hydrogen-bond acceptors (Lipinski definition) is 4. The zero-order valence-electron chi connectivity index (χ0n) is 17.1. The minimum atomic E-state index is -4.29. The van der Waals surface area contributed by atoms with E-state index in [-0.39, 0.29) is 27.8 Å². The third-order valence-electron chi connectivity index (χ3n) is 5.21. The van der Waals surface area contributed by atoms with Crippen molar-refractivity contribution in [2.45, 2.75) is 11.3 Å². The molecule has 1 heterocycles. The molecular weight excluding hydrogens is 499 g/mol. The van der Waals surface area contributed by atoms with Crippen LogP contribution in [0.1, 0.15) is 16.8 Å². The summed E-state index contributed by atoms with van der Waals surface area (Å²) < 4.78 is 48.9. The van der Waals surface area contributed by atoms with Crippen LogP contribution in [-0.2, 0) is 10.0 Å². The number of methoxy groups -OCH3 is 1. The molecule has 0 radical (unpaired) electrons. The minimum Gasteiger partial charge on any atom is -0.494 e. The summed E-state index contributed by atoms with van der Waals surface area (Å²) in [6.07, 6.45) is 0.910. The topological polar surface area (TPSA) is 75.7 Å². The third kappa shape index (κ3) is 4.35. The van der Waals surface area contributed by atoms with E-state index in [1.807, 2.05) is 30.3 Å². The predicted molar refractivity (Wildman–Crippen MR) is 124 cm³/mol. The molecule has 0 aromatic heterocycles. The zero-order chi connectivity index (χ0) is 22.9. The first kappa shape index (κ1) is 22.3. The normalized spacial score (nSPS) is 13.4. The Morgan fingerprint density at radius 2 is 1.78 bits per heavy atom. The van der Waals surface area contributed by atoms with Crippen LogP contribution in [0.3, 0.4) is 0 Å². The molecule has 0 bridgehead atoms. The Morgan fingerprint density at radius 3 is 2.41 bits per heavy atom. The van der Waals surface area contributed by atoms with Gasteiger partial charge in [-0.3, -0.25) is 9.52 Å². The summed E-state index contributed by atoms with van der Waals surface area (Å²) in [4.78, 5) is 14.0. The number of amides is 1. The van der Waals surface area contributed by atoms with Crippen LogP contribution in [0.25, 0.3) is 11.1 Å². The van der Waals surface area contributed by atoms with Gasteiger partial charge in [0.2, 0.25) is 0 Å². The molecule has 4 rings (SSSR count). The Bertz CT molecular complexity index is 1280. The molecule has 0 atom stereocenters. The van der Waals surface area contributed by atoms with Gasteiger partial charge in [0, 0.05) is 18.7 Å². The van der Waals surface area contributed by atoms with Crippen molar-refractivity contribution in [3.8, 4) is 16.9 Å². The molecule has 1 aliphatic rings. The first-order valence-corrected chi connectivity index (χ1v) is 12.1. The van der Waals surface area contributed by atoms with E-state index >= 15 is 0 Å². The van der Waals surface area contributed by atoms with Crippen molar-refractivity contribution in [2.75, 3.05) is 24.9 Å². The van der Waals surface area contributed by atoms with E-state index in [0.29, 0.717) is 23.1 Å². The van der Waals surface area contributed by atoms with E-state index in [9.17, 15) is 17.6 Å². The predicted octanol–water partition coefficient (Wildman–Crippen LogP) is 4.91. The van der Waals surface area contributed by atoms with E-state index in [1.165, 1.54) is 31.4 Å². The summed E-state index contributed by atoms with van der Waals surface area (Å²) in [7, 11) is -2.96. The summed E-state index contributed by atoms with van der Waals surface area (Å²) >= 11 is 3.29. The first-order chi connectivity index (χ1) is 15.3. The summed E-state index contributed by atoms with van der Waals surface area (Å²) in [5.41, 5.74) is 1.47. The van der Waals surface area contributed by atoms with Crippen molar-refractivity contribution < 1.29 is 22.3 Å². The number of carbonyl (C=O) groups excluding carboxylic acids is 1.